The molecule has 0 aliphatic heterocycles. The van der Waals surface area contributed by atoms with Gasteiger partial charge in [0.1, 0.15) is 17.9 Å². The average Bonchev–Trinajstić information content (AvgIpc) is 2.83. The Balaban J connectivity index is 1.99. The van der Waals surface area contributed by atoms with Gasteiger partial charge >= 0.3 is 23.8 Å². The van der Waals surface area contributed by atoms with Crippen LogP contribution in [0.4, 0.5) is 18.9 Å². The maximum absolute atomic E-state index is 13.0. The van der Waals surface area contributed by atoms with Crippen molar-refractivity contribution in [3.63, 3.8) is 0 Å². The number of aromatic nitrogens is 3. The fourth-order valence-electron chi connectivity index (χ4n) is 3.19. The van der Waals surface area contributed by atoms with Crippen molar-refractivity contribution in [1.29, 1.82) is 0 Å². The quantitative estimate of drug-likeness (QED) is 0.524. The van der Waals surface area contributed by atoms with Crippen molar-refractivity contribution in [3.05, 3.63) is 68.0 Å². The number of carbonyl (C=O) groups excluding carboxylic acids is 3. The van der Waals surface area contributed by atoms with Crippen LogP contribution in [0.3, 0.4) is 0 Å². The summed E-state index contributed by atoms with van der Waals surface area (Å²) in [4.78, 5) is 65.1. The number of alkyl halides is 3. The number of esters is 2. The second-order valence-electron chi connectivity index (χ2n) is 7.13. The molecular formula is C21H17F3N4O7. The third-order valence-corrected chi connectivity index (χ3v) is 4.84. The smallest absolute Gasteiger partial charge is 0.433 e. The number of ether oxygens (including phenoxy) is 2. The van der Waals surface area contributed by atoms with Gasteiger partial charge in [0.25, 0.3) is 5.56 Å². The van der Waals surface area contributed by atoms with E-state index in [0.29, 0.717) is 15.2 Å². The Hall–Kier alpha value is -4.49. The van der Waals surface area contributed by atoms with Crippen molar-refractivity contribution in [1.82, 2.24) is 14.1 Å². The van der Waals surface area contributed by atoms with Gasteiger partial charge in [0, 0.05) is 12.7 Å². The van der Waals surface area contributed by atoms with Gasteiger partial charge in [-0.3, -0.25) is 18.7 Å². The molecular weight excluding hydrogens is 477 g/mol. The number of anilines is 1. The number of hydrogen-bond acceptors (Lipinski definition) is 8. The zero-order chi connectivity index (χ0) is 26.1. The van der Waals surface area contributed by atoms with Crippen molar-refractivity contribution in [2.75, 3.05) is 19.5 Å². The summed E-state index contributed by atoms with van der Waals surface area (Å²) in [6.45, 7) is -0.821. The number of benzene rings is 1. The molecule has 0 unspecified atom stereocenters. The summed E-state index contributed by atoms with van der Waals surface area (Å²) in [5.41, 5.74) is -4.12. The van der Waals surface area contributed by atoms with Crippen molar-refractivity contribution in [2.45, 2.75) is 12.7 Å². The van der Waals surface area contributed by atoms with Gasteiger partial charge in [0.15, 0.2) is 0 Å². The maximum Gasteiger partial charge on any atom is 0.433 e. The number of fused-ring (bicyclic) bond motifs is 1. The molecule has 0 atom stereocenters. The minimum Gasteiger partial charge on any atom is -0.465 e. The Morgan fingerprint density at radius 1 is 1.00 bits per heavy atom. The monoisotopic (exact) mass is 494 g/mol. The Bertz CT molecular complexity index is 1440. The lowest BCUT2D eigenvalue weighted by atomic mass is 10.1. The first-order valence-electron chi connectivity index (χ1n) is 9.66. The van der Waals surface area contributed by atoms with Gasteiger partial charge in [-0.2, -0.15) is 13.2 Å². The summed E-state index contributed by atoms with van der Waals surface area (Å²) in [5.74, 6) is -2.52. The van der Waals surface area contributed by atoms with Crippen LogP contribution in [0.1, 0.15) is 26.4 Å². The zero-order valence-electron chi connectivity index (χ0n) is 18.4. The number of rotatable bonds is 5. The molecule has 184 valence electrons. The Morgan fingerprint density at radius 3 is 2.09 bits per heavy atom. The van der Waals surface area contributed by atoms with Crippen molar-refractivity contribution < 1.29 is 37.0 Å². The molecule has 0 radical (unpaired) electrons. The molecule has 0 bridgehead atoms. The normalized spacial score (nSPS) is 11.3. The largest absolute Gasteiger partial charge is 0.465 e. The molecule has 0 saturated carbocycles. The molecule has 1 aromatic carbocycles. The van der Waals surface area contributed by atoms with Crippen LogP contribution in [0.5, 0.6) is 0 Å². The molecule has 35 heavy (non-hydrogen) atoms. The standard InChI is InChI=1S/C21H17F3N4O7/c1-27-16-13(4-5-14(26-16)21(22,23)24)17(30)28(20(27)33)9-15(29)25-12-7-10(18(31)34-2)6-11(8-12)19(32)35-3/h4-8H,9H2,1-3H3,(H,25,29). The third kappa shape index (κ3) is 5.05. The lowest BCUT2D eigenvalue weighted by Crippen LogP contribution is -2.42. The zero-order valence-corrected chi connectivity index (χ0v) is 18.4. The number of nitrogens with one attached hydrogen (secondary N) is 1. The number of pyridine rings is 1. The second kappa shape index (κ2) is 9.40. The molecule has 3 rings (SSSR count). The summed E-state index contributed by atoms with van der Waals surface area (Å²) in [7, 11) is 3.33. The number of carbonyl (C=O) groups is 3. The molecule has 0 saturated heterocycles. The van der Waals surface area contributed by atoms with E-state index in [1.54, 1.807) is 0 Å². The molecule has 1 amide bonds. The SMILES string of the molecule is COC(=O)c1cc(NC(=O)Cn2c(=O)c3ccc(C(F)(F)F)nc3n(C)c2=O)cc(C(=O)OC)c1. The second-order valence-corrected chi connectivity index (χ2v) is 7.13. The topological polar surface area (TPSA) is 139 Å². The first-order valence-corrected chi connectivity index (χ1v) is 9.66. The number of amides is 1. The molecule has 1 N–H and O–H groups in total. The van der Waals surface area contributed by atoms with E-state index in [9.17, 15) is 37.1 Å². The highest BCUT2D eigenvalue weighted by atomic mass is 19.4. The maximum atomic E-state index is 13.0. The highest BCUT2D eigenvalue weighted by Gasteiger charge is 2.33. The van der Waals surface area contributed by atoms with E-state index in [2.05, 4.69) is 19.8 Å². The van der Waals surface area contributed by atoms with Gasteiger partial charge in [-0.05, 0) is 30.3 Å². The minimum atomic E-state index is -4.79. The van der Waals surface area contributed by atoms with Gasteiger partial charge in [-0.25, -0.2) is 19.4 Å². The van der Waals surface area contributed by atoms with Crippen LogP contribution in [0.15, 0.2) is 39.9 Å². The van der Waals surface area contributed by atoms with E-state index in [1.165, 1.54) is 18.2 Å². The Labute approximate surface area is 193 Å². The molecule has 11 nitrogen and oxygen atoms in total. The van der Waals surface area contributed by atoms with Crippen molar-refractivity contribution in [2.24, 2.45) is 7.05 Å². The lowest BCUT2D eigenvalue weighted by molar-refractivity contribution is -0.141. The minimum absolute atomic E-state index is 0.0413. The first-order chi connectivity index (χ1) is 16.4. The number of aryl methyl sites for hydroxylation is 1. The fourth-order valence-corrected chi connectivity index (χ4v) is 3.19. The van der Waals surface area contributed by atoms with Crippen LogP contribution in [0.25, 0.3) is 11.0 Å². The molecule has 3 aromatic rings. The van der Waals surface area contributed by atoms with Gasteiger partial charge in [-0.1, -0.05) is 0 Å². The Morgan fingerprint density at radius 2 is 1.57 bits per heavy atom. The molecule has 0 aliphatic rings. The van der Waals surface area contributed by atoms with Gasteiger partial charge < -0.3 is 14.8 Å². The van der Waals surface area contributed by atoms with Crippen molar-refractivity contribution >= 4 is 34.6 Å². The van der Waals surface area contributed by atoms with Crippen molar-refractivity contribution in [3.8, 4) is 0 Å². The van der Waals surface area contributed by atoms with Crippen LogP contribution >= 0.6 is 0 Å². The summed E-state index contributed by atoms with van der Waals surface area (Å²) in [5, 5.41) is 2.04. The van der Waals surface area contributed by atoms with E-state index in [1.807, 2.05) is 0 Å². The summed E-state index contributed by atoms with van der Waals surface area (Å²) < 4.78 is 49.3. The highest BCUT2D eigenvalue weighted by Crippen LogP contribution is 2.28. The number of nitrogens with zero attached hydrogens (tertiary/aromatic N) is 3. The summed E-state index contributed by atoms with van der Waals surface area (Å²) >= 11 is 0. The molecule has 0 spiro atoms. The van der Waals surface area contributed by atoms with E-state index < -0.39 is 53.2 Å². The third-order valence-electron chi connectivity index (χ3n) is 4.84. The van der Waals surface area contributed by atoms with Crippen LogP contribution in [-0.2, 0) is 34.0 Å². The molecule has 0 fully saturated rings. The van der Waals surface area contributed by atoms with Gasteiger partial charge in [-0.15, -0.1) is 0 Å². The van der Waals surface area contributed by atoms with Crippen LogP contribution in [0, 0.1) is 0 Å². The molecule has 0 aliphatic carbocycles. The number of halogens is 3. The number of hydrogen-bond donors (Lipinski definition) is 1. The number of methoxy groups -OCH3 is 2. The summed E-state index contributed by atoms with van der Waals surface area (Å²) in [6.07, 6.45) is -4.79. The molecule has 14 heteroatoms. The highest BCUT2D eigenvalue weighted by molar-refractivity contribution is 5.99. The summed E-state index contributed by atoms with van der Waals surface area (Å²) in [6, 6.07) is 5.02. The lowest BCUT2D eigenvalue weighted by Gasteiger charge is -2.13. The molecule has 2 aromatic heterocycles. The van der Waals surface area contributed by atoms with Gasteiger partial charge in [0.05, 0.1) is 30.7 Å². The average molecular weight is 494 g/mol. The van der Waals surface area contributed by atoms with E-state index >= 15 is 0 Å². The first kappa shape index (κ1) is 25.1. The Kier molecular flexibility index (Phi) is 6.75. The van der Waals surface area contributed by atoms with E-state index in [4.69, 9.17) is 0 Å². The van der Waals surface area contributed by atoms with Crippen LogP contribution < -0.4 is 16.6 Å². The predicted octanol–water partition coefficient (Wildman–Crippen LogP) is 1.33. The predicted molar refractivity (Wildman–Crippen MR) is 114 cm³/mol. The van der Waals surface area contributed by atoms with E-state index in [0.717, 1.165) is 27.3 Å². The van der Waals surface area contributed by atoms with Crippen LogP contribution in [0.2, 0.25) is 0 Å². The van der Waals surface area contributed by atoms with E-state index in [-0.39, 0.29) is 22.2 Å². The fraction of sp³-hybridized carbons (Fsp3) is 0.238. The molecule has 2 heterocycles. The van der Waals surface area contributed by atoms with Gasteiger partial charge in [0.2, 0.25) is 5.91 Å². The van der Waals surface area contributed by atoms with Crippen LogP contribution in [-0.4, -0.2) is 46.2 Å².